The molecule has 0 spiro atoms. The van der Waals surface area contributed by atoms with E-state index < -0.39 is 39.6 Å². The lowest BCUT2D eigenvalue weighted by molar-refractivity contribution is -0.139. The molecule has 0 aliphatic carbocycles. The van der Waals surface area contributed by atoms with Crippen molar-refractivity contribution < 1.29 is 35.9 Å². The van der Waals surface area contributed by atoms with Gasteiger partial charge < -0.3 is 10.4 Å². The third-order valence-corrected chi connectivity index (χ3v) is 6.58. The van der Waals surface area contributed by atoms with Crippen molar-refractivity contribution in [1.82, 2.24) is 4.31 Å². The quantitative estimate of drug-likeness (QED) is 0.706. The van der Waals surface area contributed by atoms with Gasteiger partial charge in [-0.25, -0.2) is 12.8 Å². The highest BCUT2D eigenvalue weighted by Crippen LogP contribution is 2.33. The highest BCUT2D eigenvalue weighted by molar-refractivity contribution is 7.89. The number of carbonyl (C=O) groups is 1. The summed E-state index contributed by atoms with van der Waals surface area (Å²) >= 11 is 0. The molecule has 0 radical (unpaired) electrons. The zero-order chi connectivity index (χ0) is 22.1. The molecule has 2 N–H and O–H groups in total. The Kier molecular flexibility index (Phi) is 6.16. The summed E-state index contributed by atoms with van der Waals surface area (Å²) in [7, 11) is -3.90. The number of alkyl halides is 3. The van der Waals surface area contributed by atoms with Crippen LogP contribution in [0.25, 0.3) is 0 Å². The van der Waals surface area contributed by atoms with Crippen LogP contribution in [0.5, 0.6) is 0 Å². The lowest BCUT2D eigenvalue weighted by Crippen LogP contribution is -2.40. The molecule has 0 atom stereocenters. The second kappa shape index (κ2) is 8.32. The maximum Gasteiger partial charge on any atom is 0.419 e. The van der Waals surface area contributed by atoms with E-state index in [4.69, 9.17) is 0 Å². The van der Waals surface area contributed by atoms with Gasteiger partial charge in [-0.3, -0.25) is 4.79 Å². The first-order valence-corrected chi connectivity index (χ1v) is 10.4. The summed E-state index contributed by atoms with van der Waals surface area (Å²) in [5.74, 6) is -2.32. The number of anilines is 1. The molecule has 1 amide bonds. The van der Waals surface area contributed by atoms with Crippen molar-refractivity contribution in [3.05, 3.63) is 59.4 Å². The molecule has 1 aliphatic rings. The predicted molar refractivity (Wildman–Crippen MR) is 99.8 cm³/mol. The van der Waals surface area contributed by atoms with Gasteiger partial charge in [-0.1, -0.05) is 6.07 Å². The van der Waals surface area contributed by atoms with Gasteiger partial charge in [0.05, 0.1) is 16.6 Å². The van der Waals surface area contributed by atoms with Crippen LogP contribution in [-0.2, 0) is 16.2 Å². The number of aliphatic hydroxyl groups is 1. The first-order valence-electron chi connectivity index (χ1n) is 8.95. The Labute approximate surface area is 170 Å². The van der Waals surface area contributed by atoms with Gasteiger partial charge in [-0.15, -0.1) is 0 Å². The van der Waals surface area contributed by atoms with Gasteiger partial charge in [0, 0.05) is 24.3 Å². The van der Waals surface area contributed by atoms with E-state index in [9.17, 15) is 35.9 Å². The Hall–Kier alpha value is -2.50. The molecular weight excluding hydrogens is 428 g/mol. The van der Waals surface area contributed by atoms with Crippen molar-refractivity contribution >= 4 is 21.6 Å². The number of aliphatic hydroxyl groups excluding tert-OH is 1. The summed E-state index contributed by atoms with van der Waals surface area (Å²) < 4.78 is 78.6. The second-order valence-electron chi connectivity index (χ2n) is 6.81. The molecule has 3 rings (SSSR count). The van der Waals surface area contributed by atoms with Gasteiger partial charge >= 0.3 is 6.18 Å². The standard InChI is InChI=1S/C19H18F4N2O4S/c20-17-5-4-13(11-16(17)19(21,22)23)24-18(27)12-2-1-3-15(10-12)30(28,29)25-8-6-14(26)7-9-25/h1-5,10-11,14,26H,6-9H2,(H,24,27). The topological polar surface area (TPSA) is 86.7 Å². The number of hydrogen-bond acceptors (Lipinski definition) is 4. The first kappa shape index (κ1) is 22.2. The van der Waals surface area contributed by atoms with E-state index in [-0.39, 0.29) is 29.2 Å². The molecule has 0 unspecified atom stereocenters. The molecule has 1 saturated heterocycles. The van der Waals surface area contributed by atoms with E-state index in [1.165, 1.54) is 22.5 Å². The molecular formula is C19H18F4N2O4S. The molecule has 30 heavy (non-hydrogen) atoms. The number of sulfonamides is 1. The number of carbonyl (C=O) groups excluding carboxylic acids is 1. The molecule has 0 aromatic heterocycles. The zero-order valence-corrected chi connectivity index (χ0v) is 16.3. The van der Waals surface area contributed by atoms with E-state index in [2.05, 4.69) is 5.32 Å². The molecule has 1 fully saturated rings. The summed E-state index contributed by atoms with van der Waals surface area (Å²) in [6.45, 7) is 0.269. The van der Waals surface area contributed by atoms with Crippen LogP contribution in [-0.4, -0.2) is 42.9 Å². The fourth-order valence-electron chi connectivity index (χ4n) is 3.05. The summed E-state index contributed by atoms with van der Waals surface area (Å²) in [5.41, 5.74) is -1.90. The van der Waals surface area contributed by atoms with E-state index in [1.54, 1.807) is 0 Å². The molecule has 1 heterocycles. The lowest BCUT2D eigenvalue weighted by Gasteiger charge is -2.28. The Bertz CT molecular complexity index is 1050. The summed E-state index contributed by atoms with van der Waals surface area (Å²) in [4.78, 5) is 12.3. The Morgan fingerprint density at radius 1 is 1.10 bits per heavy atom. The number of piperidine rings is 1. The molecule has 0 bridgehead atoms. The highest BCUT2D eigenvalue weighted by atomic mass is 32.2. The fourth-order valence-corrected chi connectivity index (χ4v) is 4.57. The van der Waals surface area contributed by atoms with Crippen LogP contribution in [0.1, 0.15) is 28.8 Å². The van der Waals surface area contributed by atoms with Gasteiger partial charge in [-0.2, -0.15) is 17.5 Å². The van der Waals surface area contributed by atoms with Crippen molar-refractivity contribution in [2.24, 2.45) is 0 Å². The molecule has 11 heteroatoms. The van der Waals surface area contributed by atoms with Crippen LogP contribution in [0, 0.1) is 5.82 Å². The van der Waals surface area contributed by atoms with E-state index >= 15 is 0 Å². The number of hydrogen-bond donors (Lipinski definition) is 2. The Balaban J connectivity index is 1.82. The lowest BCUT2D eigenvalue weighted by atomic mass is 10.1. The van der Waals surface area contributed by atoms with Crippen LogP contribution in [0.15, 0.2) is 47.4 Å². The SMILES string of the molecule is O=C(Nc1ccc(F)c(C(F)(F)F)c1)c1cccc(S(=O)(=O)N2CCC(O)CC2)c1. The number of nitrogens with one attached hydrogen (secondary N) is 1. The molecule has 2 aromatic rings. The van der Waals surface area contributed by atoms with Crippen molar-refractivity contribution in [3.63, 3.8) is 0 Å². The average Bonchev–Trinajstić information content (AvgIpc) is 2.69. The highest BCUT2D eigenvalue weighted by Gasteiger charge is 2.34. The molecule has 162 valence electrons. The Morgan fingerprint density at radius 2 is 1.77 bits per heavy atom. The molecule has 1 aliphatic heterocycles. The van der Waals surface area contributed by atoms with Gasteiger partial charge in [-0.05, 0) is 49.2 Å². The molecule has 6 nitrogen and oxygen atoms in total. The monoisotopic (exact) mass is 446 g/mol. The Morgan fingerprint density at radius 3 is 2.40 bits per heavy atom. The number of halogens is 4. The van der Waals surface area contributed by atoms with E-state index in [1.807, 2.05) is 0 Å². The summed E-state index contributed by atoms with van der Waals surface area (Å²) in [6, 6.07) is 7.09. The van der Waals surface area contributed by atoms with Crippen LogP contribution in [0.4, 0.5) is 23.2 Å². The normalized spacial score (nSPS) is 16.4. The third-order valence-electron chi connectivity index (χ3n) is 4.69. The maximum absolute atomic E-state index is 13.4. The summed E-state index contributed by atoms with van der Waals surface area (Å²) in [6.07, 6.45) is -4.90. The maximum atomic E-state index is 13.4. The van der Waals surface area contributed by atoms with Crippen LogP contribution in [0.3, 0.4) is 0 Å². The fraction of sp³-hybridized carbons (Fsp3) is 0.316. The van der Waals surface area contributed by atoms with Gasteiger partial charge in [0.25, 0.3) is 5.91 Å². The minimum Gasteiger partial charge on any atom is -0.393 e. The third kappa shape index (κ3) is 4.79. The van der Waals surface area contributed by atoms with Crippen molar-refractivity contribution in [1.29, 1.82) is 0 Å². The number of rotatable bonds is 4. The zero-order valence-electron chi connectivity index (χ0n) is 15.5. The minimum absolute atomic E-state index is 0.0917. The van der Waals surface area contributed by atoms with E-state index in [0.29, 0.717) is 25.0 Å². The predicted octanol–water partition coefficient (Wildman–Crippen LogP) is 3.24. The van der Waals surface area contributed by atoms with Crippen molar-refractivity contribution in [2.75, 3.05) is 18.4 Å². The van der Waals surface area contributed by atoms with Crippen LogP contribution in [0.2, 0.25) is 0 Å². The smallest absolute Gasteiger partial charge is 0.393 e. The van der Waals surface area contributed by atoms with Crippen molar-refractivity contribution in [3.8, 4) is 0 Å². The molecule has 2 aromatic carbocycles. The molecule has 0 saturated carbocycles. The summed E-state index contributed by atoms with van der Waals surface area (Å²) in [5, 5.41) is 11.8. The van der Waals surface area contributed by atoms with Gasteiger partial charge in [0.1, 0.15) is 5.82 Å². The second-order valence-corrected chi connectivity index (χ2v) is 8.75. The number of nitrogens with zero attached hydrogens (tertiary/aromatic N) is 1. The first-order chi connectivity index (χ1) is 14.0. The van der Waals surface area contributed by atoms with Crippen molar-refractivity contribution in [2.45, 2.75) is 30.0 Å². The van der Waals surface area contributed by atoms with Crippen LogP contribution < -0.4 is 5.32 Å². The number of benzene rings is 2. The largest absolute Gasteiger partial charge is 0.419 e. The average molecular weight is 446 g/mol. The number of amides is 1. The van der Waals surface area contributed by atoms with E-state index in [0.717, 1.165) is 12.1 Å². The minimum atomic E-state index is -4.93. The van der Waals surface area contributed by atoms with Crippen LogP contribution >= 0.6 is 0 Å². The van der Waals surface area contributed by atoms with Gasteiger partial charge in [0.2, 0.25) is 10.0 Å². The van der Waals surface area contributed by atoms with Gasteiger partial charge in [0.15, 0.2) is 0 Å².